The van der Waals surface area contributed by atoms with Gasteiger partial charge in [-0.05, 0) is 25.7 Å². The van der Waals surface area contributed by atoms with Gasteiger partial charge in [0.25, 0.3) is 0 Å². The number of carbonyl (C=O) groups is 1. The quantitative estimate of drug-likeness (QED) is 0.495. The van der Waals surface area contributed by atoms with Crippen LogP contribution in [0.25, 0.3) is 0 Å². The standard InChI is InChI=1S/C12H17O2/c1-2-3-7-10-14-12(13)11-8-5-4-6-9-11/h4-5,8,10H,2-3,6-7,9H2,1H3. The molecule has 0 heterocycles. The summed E-state index contributed by atoms with van der Waals surface area (Å²) in [6.45, 7) is 3.73. The molecule has 0 amide bonds. The third kappa shape index (κ3) is 3.77. The van der Waals surface area contributed by atoms with Crippen molar-refractivity contribution in [2.45, 2.75) is 39.0 Å². The molecule has 2 heteroatoms. The van der Waals surface area contributed by atoms with E-state index in [4.69, 9.17) is 4.74 Å². The second-order valence-electron chi connectivity index (χ2n) is 3.37. The van der Waals surface area contributed by atoms with E-state index in [0.717, 1.165) is 37.7 Å². The Morgan fingerprint density at radius 1 is 1.64 bits per heavy atom. The highest BCUT2D eigenvalue weighted by atomic mass is 16.5. The zero-order chi connectivity index (χ0) is 10.2. The molecule has 0 N–H and O–H groups in total. The zero-order valence-electron chi connectivity index (χ0n) is 8.66. The molecule has 77 valence electrons. The Morgan fingerprint density at radius 3 is 3.14 bits per heavy atom. The maximum Gasteiger partial charge on any atom is 0.334 e. The fourth-order valence-electron chi connectivity index (χ4n) is 1.27. The third-order valence-corrected chi connectivity index (χ3v) is 2.14. The third-order valence-electron chi connectivity index (χ3n) is 2.14. The van der Waals surface area contributed by atoms with E-state index in [9.17, 15) is 4.79 Å². The maximum absolute atomic E-state index is 11.4. The lowest BCUT2D eigenvalue weighted by atomic mass is 10.1. The summed E-state index contributed by atoms with van der Waals surface area (Å²) in [7, 11) is 0. The van der Waals surface area contributed by atoms with Crippen LogP contribution in [-0.2, 0) is 9.53 Å². The molecular formula is C12H17O2. The highest BCUT2D eigenvalue weighted by Crippen LogP contribution is 2.14. The molecule has 0 unspecified atom stereocenters. The van der Waals surface area contributed by atoms with Crippen LogP contribution in [0.1, 0.15) is 39.0 Å². The lowest BCUT2D eigenvalue weighted by molar-refractivity contribution is -0.136. The van der Waals surface area contributed by atoms with Crippen molar-refractivity contribution >= 4 is 5.97 Å². The summed E-state index contributed by atoms with van der Waals surface area (Å²) in [5, 5.41) is 0. The molecule has 0 aromatic carbocycles. The first-order valence-corrected chi connectivity index (χ1v) is 5.23. The number of rotatable bonds is 5. The fraction of sp³-hybridized carbons (Fsp3) is 0.500. The van der Waals surface area contributed by atoms with E-state index in [-0.39, 0.29) is 5.97 Å². The van der Waals surface area contributed by atoms with Crippen molar-refractivity contribution < 1.29 is 9.53 Å². The largest absolute Gasteiger partial charge is 0.455 e. The lowest BCUT2D eigenvalue weighted by Crippen LogP contribution is -2.07. The molecule has 0 aromatic rings. The molecule has 0 saturated heterocycles. The number of carbonyl (C=O) groups excluding carboxylic acids is 1. The van der Waals surface area contributed by atoms with Crippen molar-refractivity contribution in [3.05, 3.63) is 30.4 Å². The molecule has 0 aromatic heterocycles. The van der Waals surface area contributed by atoms with Crippen LogP contribution in [0.15, 0.2) is 23.8 Å². The van der Waals surface area contributed by atoms with E-state index in [0.29, 0.717) is 0 Å². The van der Waals surface area contributed by atoms with Gasteiger partial charge in [-0.15, -0.1) is 0 Å². The van der Waals surface area contributed by atoms with Gasteiger partial charge >= 0.3 is 5.97 Å². The molecule has 0 fully saturated rings. The van der Waals surface area contributed by atoms with Crippen molar-refractivity contribution in [3.8, 4) is 0 Å². The van der Waals surface area contributed by atoms with Crippen molar-refractivity contribution in [2.75, 3.05) is 0 Å². The summed E-state index contributed by atoms with van der Waals surface area (Å²) in [6, 6.07) is 0. The Labute approximate surface area is 85.6 Å². The van der Waals surface area contributed by atoms with E-state index in [2.05, 4.69) is 13.0 Å². The molecule has 1 radical (unpaired) electrons. The molecule has 0 bridgehead atoms. The van der Waals surface area contributed by atoms with E-state index in [1.54, 1.807) is 6.61 Å². The summed E-state index contributed by atoms with van der Waals surface area (Å²) >= 11 is 0. The van der Waals surface area contributed by atoms with Gasteiger partial charge in [0.1, 0.15) is 6.61 Å². The smallest absolute Gasteiger partial charge is 0.334 e. The zero-order valence-corrected chi connectivity index (χ0v) is 8.66. The van der Waals surface area contributed by atoms with Crippen LogP contribution in [0.3, 0.4) is 0 Å². The first kappa shape index (κ1) is 11.0. The van der Waals surface area contributed by atoms with Gasteiger partial charge in [0.05, 0.1) is 0 Å². The van der Waals surface area contributed by atoms with Gasteiger partial charge in [-0.3, -0.25) is 0 Å². The number of unbranched alkanes of at least 4 members (excludes halogenated alkanes) is 2. The number of allylic oxidation sites excluding steroid dienone is 3. The number of ether oxygens (including phenoxy) is 1. The van der Waals surface area contributed by atoms with Crippen LogP contribution in [0.5, 0.6) is 0 Å². The molecule has 1 aliphatic rings. The van der Waals surface area contributed by atoms with Gasteiger partial charge in [-0.25, -0.2) is 4.79 Å². The molecule has 1 rings (SSSR count). The molecule has 0 aliphatic heterocycles. The first-order valence-electron chi connectivity index (χ1n) is 5.23. The van der Waals surface area contributed by atoms with Crippen LogP contribution in [-0.4, -0.2) is 5.97 Å². The Hall–Kier alpha value is -1.05. The predicted octanol–water partition coefficient (Wildman–Crippen LogP) is 3.16. The number of esters is 1. The minimum atomic E-state index is -0.189. The molecule has 0 saturated carbocycles. The molecule has 0 atom stereocenters. The molecule has 2 nitrogen and oxygen atoms in total. The Kier molecular flexibility index (Phi) is 5.05. The van der Waals surface area contributed by atoms with Crippen LogP contribution in [0, 0.1) is 6.61 Å². The first-order chi connectivity index (χ1) is 6.84. The second-order valence-corrected chi connectivity index (χ2v) is 3.37. The minimum Gasteiger partial charge on any atom is -0.455 e. The number of hydrogen-bond acceptors (Lipinski definition) is 2. The monoisotopic (exact) mass is 193 g/mol. The Bertz CT molecular complexity index is 239. The van der Waals surface area contributed by atoms with Crippen molar-refractivity contribution in [1.82, 2.24) is 0 Å². The topological polar surface area (TPSA) is 26.3 Å². The summed E-state index contributed by atoms with van der Waals surface area (Å²) in [5.41, 5.74) is 0.778. The predicted molar refractivity (Wildman–Crippen MR) is 56.4 cm³/mol. The molecule has 1 aliphatic carbocycles. The van der Waals surface area contributed by atoms with Crippen molar-refractivity contribution in [3.63, 3.8) is 0 Å². The Balaban J connectivity index is 2.21. The fourth-order valence-corrected chi connectivity index (χ4v) is 1.27. The van der Waals surface area contributed by atoms with Gasteiger partial charge in [0.2, 0.25) is 0 Å². The highest BCUT2D eigenvalue weighted by Gasteiger charge is 2.10. The Morgan fingerprint density at radius 2 is 2.50 bits per heavy atom. The van der Waals surface area contributed by atoms with Gasteiger partial charge in [-0.1, -0.05) is 31.6 Å². The summed E-state index contributed by atoms with van der Waals surface area (Å²) < 4.78 is 5.02. The van der Waals surface area contributed by atoms with Gasteiger partial charge in [0, 0.05) is 5.57 Å². The number of hydrogen-bond donors (Lipinski definition) is 0. The van der Waals surface area contributed by atoms with Gasteiger partial charge < -0.3 is 4.74 Å². The highest BCUT2D eigenvalue weighted by molar-refractivity contribution is 5.89. The summed E-state index contributed by atoms with van der Waals surface area (Å²) in [6.07, 6.45) is 10.6. The summed E-state index contributed by atoms with van der Waals surface area (Å²) in [4.78, 5) is 11.4. The van der Waals surface area contributed by atoms with E-state index < -0.39 is 0 Å². The molecular weight excluding hydrogens is 176 g/mol. The summed E-state index contributed by atoms with van der Waals surface area (Å²) in [5.74, 6) is -0.189. The van der Waals surface area contributed by atoms with Gasteiger partial charge in [-0.2, -0.15) is 0 Å². The minimum absolute atomic E-state index is 0.189. The van der Waals surface area contributed by atoms with Crippen molar-refractivity contribution in [2.24, 2.45) is 0 Å². The van der Waals surface area contributed by atoms with Crippen molar-refractivity contribution in [1.29, 1.82) is 0 Å². The van der Waals surface area contributed by atoms with Crippen LogP contribution in [0.2, 0.25) is 0 Å². The van der Waals surface area contributed by atoms with Crippen LogP contribution in [0.4, 0.5) is 0 Å². The van der Waals surface area contributed by atoms with Crippen LogP contribution >= 0.6 is 0 Å². The molecule has 14 heavy (non-hydrogen) atoms. The average molecular weight is 193 g/mol. The van der Waals surface area contributed by atoms with Gasteiger partial charge in [0.15, 0.2) is 0 Å². The van der Waals surface area contributed by atoms with E-state index in [1.165, 1.54) is 0 Å². The SMILES string of the molecule is CCCC[CH]OC(=O)C1=CC=CCC1. The second kappa shape index (κ2) is 6.41. The van der Waals surface area contributed by atoms with E-state index >= 15 is 0 Å². The maximum atomic E-state index is 11.4. The molecule has 0 spiro atoms. The average Bonchev–Trinajstić information content (AvgIpc) is 2.25. The lowest BCUT2D eigenvalue weighted by Gasteiger charge is -2.08. The van der Waals surface area contributed by atoms with E-state index in [1.807, 2.05) is 12.2 Å². The van der Waals surface area contributed by atoms with Crippen LogP contribution < -0.4 is 0 Å². The normalized spacial score (nSPS) is 15.1.